The molecule has 1 aromatic rings. The van der Waals surface area contributed by atoms with E-state index in [4.69, 9.17) is 16.3 Å². The third kappa shape index (κ3) is 2.02. The van der Waals surface area contributed by atoms with Crippen molar-refractivity contribution < 1.29 is 9.84 Å². The maximum atomic E-state index is 9.84. The topological polar surface area (TPSA) is 29.5 Å². The summed E-state index contributed by atoms with van der Waals surface area (Å²) in [6, 6.07) is 3.71. The summed E-state index contributed by atoms with van der Waals surface area (Å²) < 4.78 is 5.17. The fourth-order valence-corrected chi connectivity index (χ4v) is 1.90. The number of hydrogen-bond acceptors (Lipinski definition) is 2. The Bertz CT molecular complexity index is 340. The van der Waals surface area contributed by atoms with Gasteiger partial charge in [-0.15, -0.1) is 0 Å². The SMILES string of the molecule is COc1c(C)ccc(C(C)(C)O)c1Cl. The molecule has 0 saturated heterocycles. The van der Waals surface area contributed by atoms with Gasteiger partial charge in [-0.2, -0.15) is 0 Å². The molecule has 0 heterocycles. The fraction of sp³-hybridized carbons (Fsp3) is 0.455. The molecule has 14 heavy (non-hydrogen) atoms. The van der Waals surface area contributed by atoms with E-state index in [0.717, 1.165) is 5.56 Å². The second kappa shape index (κ2) is 3.79. The summed E-state index contributed by atoms with van der Waals surface area (Å²) >= 11 is 6.11. The molecular formula is C11H15ClO2. The second-order valence-electron chi connectivity index (χ2n) is 3.84. The molecule has 0 aromatic heterocycles. The molecule has 0 spiro atoms. The molecule has 2 nitrogen and oxygen atoms in total. The van der Waals surface area contributed by atoms with E-state index < -0.39 is 5.60 Å². The Morgan fingerprint density at radius 3 is 2.36 bits per heavy atom. The van der Waals surface area contributed by atoms with Gasteiger partial charge in [-0.1, -0.05) is 23.7 Å². The highest BCUT2D eigenvalue weighted by Gasteiger charge is 2.22. The van der Waals surface area contributed by atoms with Crippen LogP contribution in [0.2, 0.25) is 5.02 Å². The average molecular weight is 215 g/mol. The van der Waals surface area contributed by atoms with Crippen LogP contribution in [0.5, 0.6) is 5.75 Å². The lowest BCUT2D eigenvalue weighted by Crippen LogP contribution is -2.16. The number of hydrogen-bond donors (Lipinski definition) is 1. The molecule has 0 bridgehead atoms. The van der Waals surface area contributed by atoms with Gasteiger partial charge >= 0.3 is 0 Å². The highest BCUT2D eigenvalue weighted by Crippen LogP contribution is 2.36. The van der Waals surface area contributed by atoms with Crippen LogP contribution in [0.4, 0.5) is 0 Å². The molecule has 1 N–H and O–H groups in total. The third-order valence-corrected chi connectivity index (χ3v) is 2.53. The van der Waals surface area contributed by atoms with Crippen LogP contribution in [-0.4, -0.2) is 12.2 Å². The first-order valence-corrected chi connectivity index (χ1v) is 4.81. The molecule has 0 atom stereocenters. The van der Waals surface area contributed by atoms with Gasteiger partial charge in [0.05, 0.1) is 17.7 Å². The maximum absolute atomic E-state index is 9.84. The molecule has 78 valence electrons. The third-order valence-electron chi connectivity index (χ3n) is 2.16. The molecule has 1 aromatic carbocycles. The lowest BCUT2D eigenvalue weighted by molar-refractivity contribution is 0.0784. The van der Waals surface area contributed by atoms with Crippen molar-refractivity contribution in [2.24, 2.45) is 0 Å². The van der Waals surface area contributed by atoms with Crippen molar-refractivity contribution in [1.82, 2.24) is 0 Å². The number of methoxy groups -OCH3 is 1. The number of rotatable bonds is 2. The Labute approximate surface area is 89.5 Å². The van der Waals surface area contributed by atoms with E-state index in [0.29, 0.717) is 16.3 Å². The Morgan fingerprint density at radius 2 is 1.93 bits per heavy atom. The zero-order chi connectivity index (χ0) is 10.9. The van der Waals surface area contributed by atoms with Gasteiger partial charge in [0.15, 0.2) is 0 Å². The number of ether oxygens (including phenoxy) is 1. The van der Waals surface area contributed by atoms with E-state index in [-0.39, 0.29) is 0 Å². The van der Waals surface area contributed by atoms with Gasteiger partial charge in [0, 0.05) is 5.56 Å². The van der Waals surface area contributed by atoms with Gasteiger partial charge in [0.2, 0.25) is 0 Å². The summed E-state index contributed by atoms with van der Waals surface area (Å²) in [7, 11) is 1.57. The normalized spacial score (nSPS) is 11.6. The van der Waals surface area contributed by atoms with Gasteiger partial charge in [-0.3, -0.25) is 0 Å². The minimum atomic E-state index is -0.946. The average Bonchev–Trinajstić information content (AvgIpc) is 2.02. The minimum Gasteiger partial charge on any atom is -0.495 e. The standard InChI is InChI=1S/C11H15ClO2/c1-7-5-6-8(11(2,3)13)9(12)10(7)14-4/h5-6,13H,1-4H3. The highest BCUT2D eigenvalue weighted by atomic mass is 35.5. The number of aliphatic hydroxyl groups is 1. The summed E-state index contributed by atoms with van der Waals surface area (Å²) in [5, 5.41) is 10.3. The predicted molar refractivity (Wildman–Crippen MR) is 58.0 cm³/mol. The molecule has 3 heteroatoms. The van der Waals surface area contributed by atoms with Crippen LogP contribution in [0.3, 0.4) is 0 Å². The molecule has 1 rings (SSSR count). The fourth-order valence-electron chi connectivity index (χ4n) is 1.38. The monoisotopic (exact) mass is 214 g/mol. The predicted octanol–water partition coefficient (Wildman–Crippen LogP) is 2.88. The van der Waals surface area contributed by atoms with Crippen molar-refractivity contribution in [3.8, 4) is 5.75 Å². The van der Waals surface area contributed by atoms with E-state index in [1.165, 1.54) is 0 Å². The highest BCUT2D eigenvalue weighted by molar-refractivity contribution is 6.33. The Kier molecular flexibility index (Phi) is 3.07. The van der Waals surface area contributed by atoms with Crippen molar-refractivity contribution in [2.45, 2.75) is 26.4 Å². The first-order chi connectivity index (χ1) is 6.38. The molecule has 0 amide bonds. The van der Waals surface area contributed by atoms with E-state index in [2.05, 4.69) is 0 Å². The van der Waals surface area contributed by atoms with Crippen molar-refractivity contribution in [2.75, 3.05) is 7.11 Å². The molecule has 0 aliphatic heterocycles. The van der Waals surface area contributed by atoms with E-state index in [1.54, 1.807) is 21.0 Å². The first kappa shape index (κ1) is 11.3. The maximum Gasteiger partial charge on any atom is 0.140 e. The number of benzene rings is 1. The lowest BCUT2D eigenvalue weighted by Gasteiger charge is -2.21. The van der Waals surface area contributed by atoms with Crippen molar-refractivity contribution in [3.05, 3.63) is 28.3 Å². The van der Waals surface area contributed by atoms with E-state index in [9.17, 15) is 5.11 Å². The van der Waals surface area contributed by atoms with Crippen LogP contribution in [0, 0.1) is 6.92 Å². The molecule has 0 saturated carbocycles. The minimum absolute atomic E-state index is 0.486. The molecule has 0 aliphatic rings. The number of aryl methyl sites for hydroxylation is 1. The summed E-state index contributed by atoms with van der Waals surface area (Å²) in [6.45, 7) is 5.31. The van der Waals surface area contributed by atoms with Gasteiger partial charge < -0.3 is 9.84 Å². The summed E-state index contributed by atoms with van der Waals surface area (Å²) in [5.74, 6) is 0.631. The summed E-state index contributed by atoms with van der Waals surface area (Å²) in [4.78, 5) is 0. The van der Waals surface area contributed by atoms with E-state index >= 15 is 0 Å². The van der Waals surface area contributed by atoms with Crippen LogP contribution in [0.15, 0.2) is 12.1 Å². The Morgan fingerprint density at radius 1 is 1.36 bits per heavy atom. The Hall–Kier alpha value is -0.730. The van der Waals surface area contributed by atoms with Crippen LogP contribution in [0.25, 0.3) is 0 Å². The van der Waals surface area contributed by atoms with Crippen molar-refractivity contribution in [1.29, 1.82) is 0 Å². The van der Waals surface area contributed by atoms with Gasteiger partial charge in [0.1, 0.15) is 5.75 Å². The summed E-state index contributed by atoms with van der Waals surface area (Å²) in [6.07, 6.45) is 0. The number of halogens is 1. The molecule has 0 fully saturated rings. The van der Waals surface area contributed by atoms with Gasteiger partial charge in [-0.05, 0) is 26.3 Å². The molecule has 0 unspecified atom stereocenters. The van der Waals surface area contributed by atoms with Crippen molar-refractivity contribution >= 4 is 11.6 Å². The molecule has 0 aliphatic carbocycles. The van der Waals surface area contributed by atoms with Crippen LogP contribution < -0.4 is 4.74 Å². The van der Waals surface area contributed by atoms with E-state index in [1.807, 2.05) is 19.1 Å². The summed E-state index contributed by atoms with van der Waals surface area (Å²) in [5.41, 5.74) is 0.699. The Balaban J connectivity index is 3.36. The van der Waals surface area contributed by atoms with Gasteiger partial charge in [0.25, 0.3) is 0 Å². The molecular weight excluding hydrogens is 200 g/mol. The van der Waals surface area contributed by atoms with Crippen molar-refractivity contribution in [3.63, 3.8) is 0 Å². The van der Waals surface area contributed by atoms with Crippen LogP contribution in [0.1, 0.15) is 25.0 Å². The van der Waals surface area contributed by atoms with Gasteiger partial charge in [-0.25, -0.2) is 0 Å². The quantitative estimate of drug-likeness (QED) is 0.821. The second-order valence-corrected chi connectivity index (χ2v) is 4.21. The smallest absolute Gasteiger partial charge is 0.140 e. The molecule has 0 radical (unpaired) electrons. The largest absolute Gasteiger partial charge is 0.495 e. The first-order valence-electron chi connectivity index (χ1n) is 4.44. The van der Waals surface area contributed by atoms with Crippen LogP contribution >= 0.6 is 11.6 Å². The zero-order valence-corrected chi connectivity index (χ0v) is 9.64. The van der Waals surface area contributed by atoms with Crippen LogP contribution in [-0.2, 0) is 5.60 Å². The zero-order valence-electron chi connectivity index (χ0n) is 8.89. The lowest BCUT2D eigenvalue weighted by atomic mass is 9.97.